The average Bonchev–Trinajstić information content (AvgIpc) is 3.21. The zero-order chi connectivity index (χ0) is 14.0. The summed E-state index contributed by atoms with van der Waals surface area (Å²) >= 11 is 0. The average molecular weight is 266 g/mol. The molecule has 1 aliphatic carbocycles. The first-order valence-electron chi connectivity index (χ1n) is 6.18. The summed E-state index contributed by atoms with van der Waals surface area (Å²) in [7, 11) is 3.03. The van der Waals surface area contributed by atoms with Gasteiger partial charge in [-0.25, -0.2) is 0 Å². The number of carboxylic acid groups (broad SMARTS) is 1. The van der Waals surface area contributed by atoms with Crippen molar-refractivity contribution in [3.63, 3.8) is 0 Å². The van der Waals surface area contributed by atoms with Crippen LogP contribution >= 0.6 is 0 Å². The van der Waals surface area contributed by atoms with Gasteiger partial charge in [0.25, 0.3) is 0 Å². The first-order chi connectivity index (χ1) is 9.01. The maximum atomic E-state index is 11.0. The van der Waals surface area contributed by atoms with Crippen LogP contribution in [0.2, 0.25) is 0 Å². The summed E-state index contributed by atoms with van der Waals surface area (Å²) in [5.41, 5.74) is -0.912. The molecule has 1 unspecified atom stereocenters. The fourth-order valence-electron chi connectivity index (χ4n) is 2.40. The lowest BCUT2D eigenvalue weighted by molar-refractivity contribution is -0.144. The number of ether oxygens (including phenoxy) is 2. The molecule has 0 heterocycles. The van der Waals surface area contributed by atoms with E-state index in [0.717, 1.165) is 12.8 Å². The van der Waals surface area contributed by atoms with Crippen molar-refractivity contribution in [1.82, 2.24) is 0 Å². The monoisotopic (exact) mass is 266 g/mol. The number of carbonyl (C=O) groups is 1. The smallest absolute Gasteiger partial charge is 0.306 e. The van der Waals surface area contributed by atoms with Crippen molar-refractivity contribution >= 4 is 5.97 Å². The van der Waals surface area contributed by atoms with Crippen LogP contribution in [0.25, 0.3) is 0 Å². The molecule has 0 aliphatic heterocycles. The summed E-state index contributed by atoms with van der Waals surface area (Å²) in [6.07, 6.45) is 1.31. The standard InChI is InChI=1S/C14H18O5/c1-18-10-5-6-12(19-2)11(7-10)14(17,8-13(15)16)9-3-4-9/h5-7,9,17H,3-4,8H2,1-2H3,(H,15,16). The highest BCUT2D eigenvalue weighted by molar-refractivity contribution is 5.69. The maximum absolute atomic E-state index is 11.0. The number of methoxy groups -OCH3 is 2. The topological polar surface area (TPSA) is 76.0 Å². The molecule has 5 heteroatoms. The molecule has 2 N–H and O–H groups in total. The molecule has 1 saturated carbocycles. The second-order valence-electron chi connectivity index (χ2n) is 4.84. The third-order valence-electron chi connectivity index (χ3n) is 3.55. The van der Waals surface area contributed by atoms with Crippen LogP contribution in [0.15, 0.2) is 18.2 Å². The van der Waals surface area contributed by atoms with Crippen molar-refractivity contribution in [1.29, 1.82) is 0 Å². The molecule has 2 rings (SSSR count). The number of hydrogen-bond acceptors (Lipinski definition) is 4. The van der Waals surface area contributed by atoms with Gasteiger partial charge in [-0.05, 0) is 37.0 Å². The van der Waals surface area contributed by atoms with Gasteiger partial charge in [0.15, 0.2) is 0 Å². The second-order valence-corrected chi connectivity index (χ2v) is 4.84. The molecular formula is C14H18O5. The highest BCUT2D eigenvalue weighted by Crippen LogP contribution is 2.50. The van der Waals surface area contributed by atoms with Crippen LogP contribution in [0.1, 0.15) is 24.8 Å². The summed E-state index contributed by atoms with van der Waals surface area (Å²) in [5, 5.41) is 19.9. The number of rotatable bonds is 6. The minimum atomic E-state index is -1.40. The first kappa shape index (κ1) is 13.7. The molecule has 1 aliphatic rings. The predicted molar refractivity (Wildman–Crippen MR) is 68.4 cm³/mol. The predicted octanol–water partition coefficient (Wildman–Crippen LogP) is 1.78. The van der Waals surface area contributed by atoms with Gasteiger partial charge in [-0.2, -0.15) is 0 Å². The van der Waals surface area contributed by atoms with Crippen molar-refractivity contribution in [2.45, 2.75) is 24.9 Å². The summed E-state index contributed by atoms with van der Waals surface area (Å²) < 4.78 is 10.4. The van der Waals surface area contributed by atoms with Crippen LogP contribution in [0.5, 0.6) is 11.5 Å². The van der Waals surface area contributed by atoms with Gasteiger partial charge in [-0.15, -0.1) is 0 Å². The number of hydrogen-bond donors (Lipinski definition) is 2. The van der Waals surface area contributed by atoms with Crippen LogP contribution in [-0.2, 0) is 10.4 Å². The lowest BCUT2D eigenvalue weighted by Crippen LogP contribution is -2.32. The Labute approximate surface area is 111 Å². The van der Waals surface area contributed by atoms with E-state index in [9.17, 15) is 9.90 Å². The Morgan fingerprint density at radius 1 is 1.37 bits per heavy atom. The van der Waals surface area contributed by atoms with Crippen molar-refractivity contribution in [2.24, 2.45) is 5.92 Å². The zero-order valence-corrected chi connectivity index (χ0v) is 11.0. The van der Waals surface area contributed by atoms with Crippen molar-refractivity contribution in [3.8, 4) is 11.5 Å². The summed E-state index contributed by atoms with van der Waals surface area (Å²) in [6.45, 7) is 0. The quantitative estimate of drug-likeness (QED) is 0.820. The number of carboxylic acids is 1. The van der Waals surface area contributed by atoms with Gasteiger partial charge < -0.3 is 19.7 Å². The van der Waals surface area contributed by atoms with Gasteiger partial charge in [0.1, 0.15) is 17.1 Å². The number of aliphatic carboxylic acids is 1. The lowest BCUT2D eigenvalue weighted by Gasteiger charge is -2.29. The molecule has 19 heavy (non-hydrogen) atoms. The fourth-order valence-corrected chi connectivity index (χ4v) is 2.40. The van der Waals surface area contributed by atoms with Crippen LogP contribution in [0.4, 0.5) is 0 Å². The molecule has 0 radical (unpaired) electrons. The summed E-state index contributed by atoms with van der Waals surface area (Å²) in [4.78, 5) is 11.0. The minimum absolute atomic E-state index is 0.0374. The molecule has 104 valence electrons. The van der Waals surface area contributed by atoms with Crippen LogP contribution in [0.3, 0.4) is 0 Å². The van der Waals surface area contributed by atoms with E-state index >= 15 is 0 Å². The summed E-state index contributed by atoms with van der Waals surface area (Å²) in [6, 6.07) is 5.06. The third kappa shape index (κ3) is 2.66. The number of benzene rings is 1. The SMILES string of the molecule is COc1ccc(OC)c(C(O)(CC(=O)O)C2CC2)c1. The minimum Gasteiger partial charge on any atom is -0.497 e. The molecule has 5 nitrogen and oxygen atoms in total. The Balaban J connectivity index is 2.48. The number of aliphatic hydroxyl groups is 1. The van der Waals surface area contributed by atoms with E-state index < -0.39 is 11.6 Å². The Morgan fingerprint density at radius 2 is 2.05 bits per heavy atom. The van der Waals surface area contributed by atoms with Crippen molar-refractivity contribution in [2.75, 3.05) is 14.2 Å². The highest BCUT2D eigenvalue weighted by atomic mass is 16.5. The normalized spacial score (nSPS) is 17.6. The third-order valence-corrected chi connectivity index (χ3v) is 3.55. The molecule has 1 fully saturated rings. The molecule has 0 bridgehead atoms. The van der Waals surface area contributed by atoms with Gasteiger partial charge >= 0.3 is 5.97 Å². The van der Waals surface area contributed by atoms with Crippen molar-refractivity contribution in [3.05, 3.63) is 23.8 Å². The Morgan fingerprint density at radius 3 is 2.53 bits per heavy atom. The molecule has 0 spiro atoms. The molecular weight excluding hydrogens is 248 g/mol. The largest absolute Gasteiger partial charge is 0.497 e. The Kier molecular flexibility index (Phi) is 3.66. The van der Waals surface area contributed by atoms with E-state index in [1.165, 1.54) is 14.2 Å². The van der Waals surface area contributed by atoms with Crippen molar-refractivity contribution < 1.29 is 24.5 Å². The van der Waals surface area contributed by atoms with Gasteiger partial charge in [0.05, 0.1) is 20.6 Å². The second kappa shape index (κ2) is 5.09. The van der Waals surface area contributed by atoms with E-state index in [0.29, 0.717) is 17.1 Å². The van der Waals surface area contributed by atoms with Gasteiger partial charge in [0.2, 0.25) is 0 Å². The van der Waals surface area contributed by atoms with E-state index in [1.807, 2.05) is 0 Å². The maximum Gasteiger partial charge on any atom is 0.306 e. The molecule has 1 aromatic rings. The van der Waals surface area contributed by atoms with E-state index in [2.05, 4.69) is 0 Å². The van der Waals surface area contributed by atoms with E-state index in [1.54, 1.807) is 18.2 Å². The van der Waals surface area contributed by atoms with Crippen LogP contribution < -0.4 is 9.47 Å². The van der Waals surface area contributed by atoms with Gasteiger partial charge in [-0.3, -0.25) is 4.79 Å². The Bertz CT molecular complexity index is 481. The molecule has 1 atom stereocenters. The molecule has 0 saturated heterocycles. The first-order valence-corrected chi connectivity index (χ1v) is 6.18. The molecule has 0 amide bonds. The van der Waals surface area contributed by atoms with E-state index in [-0.39, 0.29) is 12.3 Å². The summed E-state index contributed by atoms with van der Waals surface area (Å²) in [5.74, 6) is -0.0133. The molecule has 1 aromatic carbocycles. The highest BCUT2D eigenvalue weighted by Gasteiger charge is 2.48. The lowest BCUT2D eigenvalue weighted by atomic mass is 9.85. The zero-order valence-electron chi connectivity index (χ0n) is 11.0. The van der Waals surface area contributed by atoms with Crippen LogP contribution in [-0.4, -0.2) is 30.4 Å². The Hall–Kier alpha value is -1.75. The fraction of sp³-hybridized carbons (Fsp3) is 0.500. The van der Waals surface area contributed by atoms with Gasteiger partial charge in [0, 0.05) is 5.56 Å². The van der Waals surface area contributed by atoms with Gasteiger partial charge in [-0.1, -0.05) is 0 Å². The van der Waals surface area contributed by atoms with E-state index in [4.69, 9.17) is 14.6 Å². The molecule has 0 aromatic heterocycles. The van der Waals surface area contributed by atoms with Crippen LogP contribution in [0, 0.1) is 5.92 Å².